The Hall–Kier alpha value is -2.49. The summed E-state index contributed by atoms with van der Waals surface area (Å²) in [5, 5.41) is 18.8. The van der Waals surface area contributed by atoms with Crippen molar-refractivity contribution in [3.8, 4) is 17.9 Å². The van der Waals surface area contributed by atoms with Crippen molar-refractivity contribution in [2.45, 2.75) is 19.3 Å². The van der Waals surface area contributed by atoms with Gasteiger partial charge in [0.05, 0.1) is 30.2 Å². The van der Waals surface area contributed by atoms with Crippen molar-refractivity contribution >= 4 is 11.6 Å². The second-order valence-corrected chi connectivity index (χ2v) is 5.40. The van der Waals surface area contributed by atoms with Gasteiger partial charge in [0.25, 0.3) is 0 Å². The summed E-state index contributed by atoms with van der Waals surface area (Å²) in [5.41, 5.74) is 2.46. The molecule has 0 aromatic heterocycles. The second kappa shape index (κ2) is 7.50. The maximum absolute atomic E-state index is 9.31. The third-order valence-corrected chi connectivity index (χ3v) is 3.63. The van der Waals surface area contributed by atoms with Crippen molar-refractivity contribution in [2.24, 2.45) is 0 Å². The highest BCUT2D eigenvalue weighted by Gasteiger charge is 2.11. The number of halogens is 1. The van der Waals surface area contributed by atoms with Gasteiger partial charge in [-0.1, -0.05) is 23.7 Å². The maximum atomic E-state index is 9.31. The monoisotopic (exact) mass is 310 g/mol. The van der Waals surface area contributed by atoms with Crippen molar-refractivity contribution in [3.05, 3.63) is 64.2 Å². The van der Waals surface area contributed by atoms with Crippen molar-refractivity contribution < 1.29 is 4.74 Å². The molecule has 0 N–H and O–H groups in total. The number of hydrogen-bond donors (Lipinski definition) is 0. The lowest BCUT2D eigenvalue weighted by Gasteiger charge is -2.12. The summed E-state index contributed by atoms with van der Waals surface area (Å²) >= 11 is 5.91. The predicted octanol–water partition coefficient (Wildman–Crippen LogP) is 4.60. The first-order valence-electron chi connectivity index (χ1n) is 6.92. The van der Waals surface area contributed by atoms with Crippen LogP contribution >= 0.6 is 11.6 Å². The summed E-state index contributed by atoms with van der Waals surface area (Å²) in [7, 11) is 0. The zero-order chi connectivity index (χ0) is 15.9. The van der Waals surface area contributed by atoms with E-state index in [2.05, 4.69) is 12.1 Å². The van der Waals surface area contributed by atoms with Crippen LogP contribution < -0.4 is 4.74 Å². The summed E-state index contributed by atoms with van der Waals surface area (Å²) in [6.07, 6.45) is 0.588. The molecule has 0 saturated carbocycles. The summed E-state index contributed by atoms with van der Waals surface area (Å²) in [6, 6.07) is 16.9. The van der Waals surface area contributed by atoms with Crippen LogP contribution in [0.3, 0.4) is 0 Å². The van der Waals surface area contributed by atoms with Gasteiger partial charge in [-0.3, -0.25) is 0 Å². The molecule has 2 aromatic carbocycles. The molecule has 0 aliphatic carbocycles. The van der Waals surface area contributed by atoms with Gasteiger partial charge in [0, 0.05) is 11.4 Å². The van der Waals surface area contributed by atoms with E-state index in [0.29, 0.717) is 23.6 Å². The number of nitriles is 2. The Balaban J connectivity index is 1.96. The van der Waals surface area contributed by atoms with Gasteiger partial charge in [0.2, 0.25) is 0 Å². The molecular formula is C18H15ClN2O. The van der Waals surface area contributed by atoms with E-state index < -0.39 is 0 Å². The fourth-order valence-electron chi connectivity index (χ4n) is 2.16. The number of ether oxygens (including phenoxy) is 1. The van der Waals surface area contributed by atoms with E-state index in [1.807, 2.05) is 31.2 Å². The topological polar surface area (TPSA) is 56.8 Å². The van der Waals surface area contributed by atoms with Gasteiger partial charge in [-0.15, -0.1) is 0 Å². The Labute approximate surface area is 135 Å². The van der Waals surface area contributed by atoms with E-state index >= 15 is 0 Å². The Morgan fingerprint density at radius 1 is 1.14 bits per heavy atom. The third-order valence-electron chi connectivity index (χ3n) is 3.40. The minimum absolute atomic E-state index is 0.250. The lowest BCUT2D eigenvalue weighted by Crippen LogP contribution is -2.05. The van der Waals surface area contributed by atoms with Gasteiger partial charge in [-0.25, -0.2) is 0 Å². The SMILES string of the molecule is Cc1cc(Cl)ccc1OCCC(C#N)c1ccc(C#N)cc1. The van der Waals surface area contributed by atoms with Crippen LogP contribution in [0.25, 0.3) is 0 Å². The Morgan fingerprint density at radius 2 is 1.86 bits per heavy atom. The van der Waals surface area contributed by atoms with Crippen LogP contribution in [-0.4, -0.2) is 6.61 Å². The molecule has 2 rings (SSSR count). The molecule has 0 spiro atoms. The van der Waals surface area contributed by atoms with Crippen LogP contribution in [0, 0.1) is 29.6 Å². The molecule has 0 bridgehead atoms. The molecule has 110 valence electrons. The van der Waals surface area contributed by atoms with Crippen LogP contribution in [0.1, 0.15) is 29.0 Å². The lowest BCUT2D eigenvalue weighted by molar-refractivity contribution is 0.304. The molecule has 0 heterocycles. The summed E-state index contributed by atoms with van der Waals surface area (Å²) in [5.74, 6) is 0.529. The van der Waals surface area contributed by atoms with Gasteiger partial charge < -0.3 is 4.74 Å². The van der Waals surface area contributed by atoms with Gasteiger partial charge >= 0.3 is 0 Å². The maximum Gasteiger partial charge on any atom is 0.122 e. The minimum Gasteiger partial charge on any atom is -0.493 e. The molecule has 1 unspecified atom stereocenters. The Kier molecular flexibility index (Phi) is 5.42. The average molecular weight is 311 g/mol. The summed E-state index contributed by atoms with van der Waals surface area (Å²) < 4.78 is 5.73. The smallest absolute Gasteiger partial charge is 0.122 e. The average Bonchev–Trinajstić information content (AvgIpc) is 2.53. The number of hydrogen-bond acceptors (Lipinski definition) is 3. The highest BCUT2D eigenvalue weighted by Crippen LogP contribution is 2.24. The highest BCUT2D eigenvalue weighted by molar-refractivity contribution is 6.30. The van der Waals surface area contributed by atoms with Crippen LogP contribution in [0.15, 0.2) is 42.5 Å². The molecule has 1 atom stereocenters. The predicted molar refractivity (Wildman–Crippen MR) is 85.8 cm³/mol. The number of benzene rings is 2. The fraction of sp³-hybridized carbons (Fsp3) is 0.222. The number of rotatable bonds is 5. The molecule has 0 radical (unpaired) electrons. The molecule has 0 saturated heterocycles. The molecule has 0 aliphatic rings. The molecular weight excluding hydrogens is 296 g/mol. The highest BCUT2D eigenvalue weighted by atomic mass is 35.5. The van der Waals surface area contributed by atoms with Crippen LogP contribution in [0.5, 0.6) is 5.75 Å². The fourth-order valence-corrected chi connectivity index (χ4v) is 2.38. The van der Waals surface area contributed by atoms with Crippen molar-refractivity contribution in [1.82, 2.24) is 0 Å². The zero-order valence-electron chi connectivity index (χ0n) is 12.2. The normalized spacial score (nSPS) is 11.3. The summed E-state index contributed by atoms with van der Waals surface area (Å²) in [4.78, 5) is 0. The van der Waals surface area contributed by atoms with Crippen molar-refractivity contribution in [3.63, 3.8) is 0 Å². The van der Waals surface area contributed by atoms with Crippen LogP contribution in [-0.2, 0) is 0 Å². The lowest BCUT2D eigenvalue weighted by atomic mass is 9.97. The van der Waals surface area contributed by atoms with E-state index in [9.17, 15) is 5.26 Å². The largest absolute Gasteiger partial charge is 0.493 e. The van der Waals surface area contributed by atoms with E-state index in [0.717, 1.165) is 16.9 Å². The number of nitrogens with zero attached hydrogens (tertiary/aromatic N) is 2. The van der Waals surface area contributed by atoms with Gasteiger partial charge in [-0.2, -0.15) is 10.5 Å². The van der Waals surface area contributed by atoms with E-state index in [1.165, 1.54) is 0 Å². The first-order chi connectivity index (χ1) is 10.6. The van der Waals surface area contributed by atoms with Crippen molar-refractivity contribution in [1.29, 1.82) is 10.5 Å². The van der Waals surface area contributed by atoms with Gasteiger partial charge in [0.1, 0.15) is 5.75 Å². The molecule has 2 aromatic rings. The van der Waals surface area contributed by atoms with Crippen LogP contribution in [0.4, 0.5) is 0 Å². The molecule has 0 amide bonds. The first-order valence-corrected chi connectivity index (χ1v) is 7.30. The van der Waals surface area contributed by atoms with Gasteiger partial charge in [0.15, 0.2) is 0 Å². The third kappa shape index (κ3) is 4.01. The van der Waals surface area contributed by atoms with E-state index in [4.69, 9.17) is 21.6 Å². The molecule has 22 heavy (non-hydrogen) atoms. The molecule has 0 fully saturated rings. The van der Waals surface area contributed by atoms with E-state index in [-0.39, 0.29) is 5.92 Å². The summed E-state index contributed by atoms with van der Waals surface area (Å²) in [6.45, 7) is 2.38. The molecule has 4 heteroatoms. The van der Waals surface area contributed by atoms with Crippen LogP contribution in [0.2, 0.25) is 5.02 Å². The molecule has 3 nitrogen and oxygen atoms in total. The van der Waals surface area contributed by atoms with Gasteiger partial charge in [-0.05, 0) is 48.4 Å². The van der Waals surface area contributed by atoms with Crippen molar-refractivity contribution in [2.75, 3.05) is 6.61 Å². The van der Waals surface area contributed by atoms with E-state index in [1.54, 1.807) is 18.2 Å². The zero-order valence-corrected chi connectivity index (χ0v) is 13.0. The Bertz CT molecular complexity index is 726. The second-order valence-electron chi connectivity index (χ2n) is 4.96. The number of aryl methyl sites for hydroxylation is 1. The standard InChI is InChI=1S/C18H15ClN2O/c1-13-10-17(19)6-7-18(13)22-9-8-16(12-21)15-4-2-14(11-20)3-5-15/h2-7,10,16H,8-9H2,1H3. The molecule has 0 aliphatic heterocycles. The Morgan fingerprint density at radius 3 is 2.45 bits per heavy atom. The quantitative estimate of drug-likeness (QED) is 0.811. The first kappa shape index (κ1) is 15.9. The minimum atomic E-state index is -0.250.